The largest absolute Gasteiger partial charge is 0.322 e. The number of nitrogens with zero attached hydrogens (tertiary/aromatic N) is 3. The number of benzene rings is 1. The minimum atomic E-state index is -0.355. The first kappa shape index (κ1) is 13.6. The summed E-state index contributed by atoms with van der Waals surface area (Å²) in [4.78, 5) is 13.9. The Kier molecular flexibility index (Phi) is 3.60. The third-order valence-electron chi connectivity index (χ3n) is 3.52. The van der Waals surface area contributed by atoms with Gasteiger partial charge in [-0.1, -0.05) is 12.1 Å². The summed E-state index contributed by atoms with van der Waals surface area (Å²) in [6.07, 6.45) is 5.26. The molecule has 0 saturated heterocycles. The molecular weight excluding hydrogens is 271 g/mol. The highest BCUT2D eigenvalue weighted by molar-refractivity contribution is 5.89. The number of rotatable bonds is 4. The van der Waals surface area contributed by atoms with Crippen molar-refractivity contribution in [3.8, 4) is 5.69 Å². The Labute approximate surface area is 122 Å². The van der Waals surface area contributed by atoms with Gasteiger partial charge in [0.15, 0.2) is 0 Å². The molecule has 1 N–H and O–H groups in total. The molecule has 3 rings (SSSR count). The molecule has 0 bridgehead atoms. The molecule has 1 fully saturated rings. The summed E-state index contributed by atoms with van der Waals surface area (Å²) in [6.45, 7) is 2.64. The summed E-state index contributed by atoms with van der Waals surface area (Å²) >= 11 is 0. The van der Waals surface area contributed by atoms with E-state index >= 15 is 0 Å². The monoisotopic (exact) mass is 288 g/mol. The van der Waals surface area contributed by atoms with Crippen LogP contribution in [0, 0.1) is 5.82 Å². The molecule has 110 valence electrons. The first-order valence-electron chi connectivity index (χ1n) is 7.06. The smallest absolute Gasteiger partial charge is 0.322 e. The summed E-state index contributed by atoms with van der Waals surface area (Å²) in [5.41, 5.74) is 0.912. The fourth-order valence-electron chi connectivity index (χ4n) is 2.31. The van der Waals surface area contributed by atoms with E-state index in [9.17, 15) is 9.18 Å². The minimum absolute atomic E-state index is 0.131. The van der Waals surface area contributed by atoms with Gasteiger partial charge in [-0.3, -0.25) is 0 Å². The zero-order chi connectivity index (χ0) is 14.8. The SMILES string of the molecule is CCN(C(=O)Nc1cnn(-c2ccccc2F)c1)C1CC1. The maximum atomic E-state index is 13.7. The molecule has 1 heterocycles. The predicted octanol–water partition coefficient (Wildman–Crippen LogP) is 3.03. The van der Waals surface area contributed by atoms with Crippen LogP contribution in [0.2, 0.25) is 0 Å². The van der Waals surface area contributed by atoms with Gasteiger partial charge in [-0.25, -0.2) is 13.9 Å². The molecule has 1 aromatic heterocycles. The Balaban J connectivity index is 1.73. The van der Waals surface area contributed by atoms with E-state index in [0.29, 0.717) is 24.0 Å². The first-order valence-corrected chi connectivity index (χ1v) is 7.06. The fourth-order valence-corrected chi connectivity index (χ4v) is 2.31. The number of hydrogen-bond donors (Lipinski definition) is 1. The van der Waals surface area contributed by atoms with Gasteiger partial charge in [0.2, 0.25) is 0 Å². The first-order chi connectivity index (χ1) is 10.2. The minimum Gasteiger partial charge on any atom is -0.322 e. The molecule has 0 radical (unpaired) electrons. The Morgan fingerprint density at radius 1 is 1.48 bits per heavy atom. The third-order valence-corrected chi connectivity index (χ3v) is 3.52. The number of urea groups is 1. The molecule has 2 amide bonds. The molecule has 0 aliphatic heterocycles. The molecule has 2 aromatic rings. The van der Waals surface area contributed by atoms with E-state index in [4.69, 9.17) is 0 Å². The maximum absolute atomic E-state index is 13.7. The van der Waals surface area contributed by atoms with Crippen LogP contribution in [-0.2, 0) is 0 Å². The van der Waals surface area contributed by atoms with Crippen molar-refractivity contribution in [2.24, 2.45) is 0 Å². The topological polar surface area (TPSA) is 50.2 Å². The van der Waals surface area contributed by atoms with E-state index < -0.39 is 0 Å². The van der Waals surface area contributed by atoms with Crippen molar-refractivity contribution in [3.05, 3.63) is 42.5 Å². The van der Waals surface area contributed by atoms with Crippen LogP contribution in [0.15, 0.2) is 36.7 Å². The van der Waals surface area contributed by atoms with Crippen molar-refractivity contribution in [2.75, 3.05) is 11.9 Å². The van der Waals surface area contributed by atoms with Crippen LogP contribution in [0.3, 0.4) is 0 Å². The highest BCUT2D eigenvalue weighted by atomic mass is 19.1. The zero-order valence-electron chi connectivity index (χ0n) is 11.8. The number of anilines is 1. The van der Waals surface area contributed by atoms with Crippen molar-refractivity contribution in [2.45, 2.75) is 25.8 Å². The predicted molar refractivity (Wildman–Crippen MR) is 77.9 cm³/mol. The number of carbonyl (C=O) groups is 1. The van der Waals surface area contributed by atoms with Gasteiger partial charge >= 0.3 is 6.03 Å². The van der Waals surface area contributed by atoms with Crippen LogP contribution in [0.4, 0.5) is 14.9 Å². The molecule has 5 nitrogen and oxygen atoms in total. The lowest BCUT2D eigenvalue weighted by molar-refractivity contribution is 0.212. The number of hydrogen-bond acceptors (Lipinski definition) is 2. The van der Waals surface area contributed by atoms with Crippen molar-refractivity contribution in [1.82, 2.24) is 14.7 Å². The second-order valence-electron chi connectivity index (χ2n) is 5.07. The van der Waals surface area contributed by atoms with Crippen molar-refractivity contribution >= 4 is 11.7 Å². The van der Waals surface area contributed by atoms with E-state index in [1.165, 1.54) is 16.9 Å². The summed E-state index contributed by atoms with van der Waals surface area (Å²) < 4.78 is 15.1. The van der Waals surface area contributed by atoms with Gasteiger partial charge in [0.1, 0.15) is 11.5 Å². The maximum Gasteiger partial charge on any atom is 0.322 e. The fraction of sp³-hybridized carbons (Fsp3) is 0.333. The summed E-state index contributed by atoms with van der Waals surface area (Å²) in [6, 6.07) is 6.60. The standard InChI is InChI=1S/C15H17FN4O/c1-2-19(12-7-8-12)15(21)18-11-9-17-20(10-11)14-6-4-3-5-13(14)16/h3-6,9-10,12H,2,7-8H2,1H3,(H,18,21). The summed E-state index contributed by atoms with van der Waals surface area (Å²) in [5, 5.41) is 6.89. The van der Waals surface area contributed by atoms with Crippen molar-refractivity contribution in [1.29, 1.82) is 0 Å². The Hall–Kier alpha value is -2.37. The Morgan fingerprint density at radius 3 is 2.90 bits per heavy atom. The van der Waals surface area contributed by atoms with E-state index in [1.807, 2.05) is 6.92 Å². The van der Waals surface area contributed by atoms with Gasteiger partial charge in [-0.2, -0.15) is 5.10 Å². The van der Waals surface area contributed by atoms with E-state index in [-0.39, 0.29) is 11.8 Å². The third kappa shape index (κ3) is 2.89. The van der Waals surface area contributed by atoms with Crippen LogP contribution in [0.5, 0.6) is 0 Å². The summed E-state index contributed by atoms with van der Waals surface area (Å²) in [5.74, 6) is -0.355. The average molecular weight is 288 g/mol. The molecule has 1 saturated carbocycles. The molecule has 1 aliphatic carbocycles. The number of para-hydroxylation sites is 1. The van der Waals surface area contributed by atoms with Gasteiger partial charge in [0, 0.05) is 12.6 Å². The van der Waals surface area contributed by atoms with Gasteiger partial charge in [-0.15, -0.1) is 0 Å². The summed E-state index contributed by atoms with van der Waals surface area (Å²) in [7, 11) is 0. The Bertz CT molecular complexity index is 651. The van der Waals surface area contributed by atoms with Crippen molar-refractivity contribution < 1.29 is 9.18 Å². The number of amides is 2. The van der Waals surface area contributed by atoms with Crippen LogP contribution < -0.4 is 5.32 Å². The lowest BCUT2D eigenvalue weighted by Crippen LogP contribution is -2.36. The lowest BCUT2D eigenvalue weighted by atomic mass is 10.3. The highest BCUT2D eigenvalue weighted by Crippen LogP contribution is 2.27. The van der Waals surface area contributed by atoms with E-state index in [1.54, 1.807) is 29.3 Å². The van der Waals surface area contributed by atoms with E-state index in [0.717, 1.165) is 12.8 Å². The number of carbonyl (C=O) groups excluding carboxylic acids is 1. The van der Waals surface area contributed by atoms with Gasteiger partial charge < -0.3 is 10.2 Å². The highest BCUT2D eigenvalue weighted by Gasteiger charge is 2.31. The zero-order valence-corrected chi connectivity index (χ0v) is 11.8. The normalized spacial score (nSPS) is 14.0. The van der Waals surface area contributed by atoms with Gasteiger partial charge in [0.05, 0.1) is 18.1 Å². The van der Waals surface area contributed by atoms with Crippen LogP contribution in [0.1, 0.15) is 19.8 Å². The van der Waals surface area contributed by atoms with E-state index in [2.05, 4.69) is 10.4 Å². The molecule has 1 aliphatic rings. The lowest BCUT2D eigenvalue weighted by Gasteiger charge is -2.20. The van der Waals surface area contributed by atoms with Crippen LogP contribution in [0.25, 0.3) is 5.69 Å². The molecule has 0 spiro atoms. The van der Waals surface area contributed by atoms with Crippen LogP contribution in [-0.4, -0.2) is 33.3 Å². The molecule has 0 unspecified atom stereocenters. The second kappa shape index (κ2) is 5.55. The quantitative estimate of drug-likeness (QED) is 0.940. The molecule has 6 heteroatoms. The van der Waals surface area contributed by atoms with Gasteiger partial charge in [0.25, 0.3) is 0 Å². The Morgan fingerprint density at radius 2 is 2.24 bits per heavy atom. The molecule has 1 aromatic carbocycles. The molecule has 0 atom stereocenters. The van der Waals surface area contributed by atoms with Crippen molar-refractivity contribution in [3.63, 3.8) is 0 Å². The number of aromatic nitrogens is 2. The number of halogens is 1. The number of nitrogens with one attached hydrogen (secondary N) is 1. The molecule has 21 heavy (non-hydrogen) atoms. The van der Waals surface area contributed by atoms with Gasteiger partial charge in [-0.05, 0) is 31.9 Å². The second-order valence-corrected chi connectivity index (χ2v) is 5.07. The molecular formula is C15H17FN4O. The van der Waals surface area contributed by atoms with Crippen LogP contribution >= 0.6 is 0 Å². The average Bonchev–Trinajstić information content (AvgIpc) is 3.19.